The summed E-state index contributed by atoms with van der Waals surface area (Å²) in [6.07, 6.45) is -0.197. The Morgan fingerprint density at radius 1 is 1.29 bits per heavy atom. The third-order valence-corrected chi connectivity index (χ3v) is 7.47. The van der Waals surface area contributed by atoms with Gasteiger partial charge in [-0.3, -0.25) is 0 Å². The van der Waals surface area contributed by atoms with Crippen LogP contribution in [-0.2, 0) is 4.74 Å². The summed E-state index contributed by atoms with van der Waals surface area (Å²) in [6, 6.07) is 1.98. The second-order valence-electron chi connectivity index (χ2n) is 8.36. The van der Waals surface area contributed by atoms with Crippen LogP contribution in [0.5, 0.6) is 0 Å². The van der Waals surface area contributed by atoms with Crippen LogP contribution >= 0.6 is 34.3 Å². The molecule has 2 unspecified atom stereocenters. The van der Waals surface area contributed by atoms with E-state index in [1.165, 1.54) is 5.00 Å². The molecular formula is C19H25ClN4O2S2. The number of likely N-dealkylation sites (tertiary alicyclic amines) is 1. The average molecular weight is 441 g/mol. The normalized spacial score (nSPS) is 21.9. The number of carbonyl (C=O) groups excluding carboxylic acids is 1. The fraction of sp³-hybridized carbons (Fsp3) is 0.579. The van der Waals surface area contributed by atoms with E-state index in [-0.39, 0.29) is 6.09 Å². The van der Waals surface area contributed by atoms with Crippen molar-refractivity contribution in [3.63, 3.8) is 0 Å². The first-order chi connectivity index (χ1) is 13.2. The second-order valence-corrected chi connectivity index (χ2v) is 10.7. The number of carbonyl (C=O) groups is 1. The number of anilines is 2. The smallest absolute Gasteiger partial charge is 0.410 e. The predicted molar refractivity (Wildman–Crippen MR) is 117 cm³/mol. The van der Waals surface area contributed by atoms with Crippen molar-refractivity contribution in [1.82, 2.24) is 9.88 Å². The molecule has 1 amide bonds. The molecule has 0 bridgehead atoms. The standard InChI is InChI=1S/C19H25ClN4O2S2/c1-19(2,3)26-18(25)24-8-11-6-23(7-12(11)9-24)16-15(22-17(21-4)28-16)14-5-13(20)10-27-14/h5,10-12H,6-9H2,1-4H3,(H,21,22). The van der Waals surface area contributed by atoms with E-state index in [0.29, 0.717) is 11.8 Å². The minimum absolute atomic E-state index is 0.197. The average Bonchev–Trinajstić information content (AvgIpc) is 3.33. The minimum Gasteiger partial charge on any atom is -0.444 e. The van der Waals surface area contributed by atoms with Gasteiger partial charge in [0, 0.05) is 50.4 Å². The van der Waals surface area contributed by atoms with Crippen molar-refractivity contribution in [2.45, 2.75) is 26.4 Å². The van der Waals surface area contributed by atoms with Gasteiger partial charge in [-0.25, -0.2) is 9.78 Å². The first-order valence-electron chi connectivity index (χ1n) is 9.39. The summed E-state index contributed by atoms with van der Waals surface area (Å²) in [6.45, 7) is 9.10. The predicted octanol–water partition coefficient (Wildman–Crippen LogP) is 4.87. The zero-order chi connectivity index (χ0) is 20.1. The van der Waals surface area contributed by atoms with E-state index in [0.717, 1.165) is 46.9 Å². The summed E-state index contributed by atoms with van der Waals surface area (Å²) in [4.78, 5) is 22.5. The zero-order valence-electron chi connectivity index (χ0n) is 16.5. The lowest BCUT2D eigenvalue weighted by Gasteiger charge is -2.26. The number of hydrogen-bond donors (Lipinski definition) is 1. The molecule has 2 aromatic rings. The molecule has 2 aliphatic heterocycles. The summed E-state index contributed by atoms with van der Waals surface area (Å²) in [5.74, 6) is 0.930. The summed E-state index contributed by atoms with van der Waals surface area (Å²) >= 11 is 9.44. The van der Waals surface area contributed by atoms with Gasteiger partial charge in [-0.15, -0.1) is 11.3 Å². The lowest BCUT2D eigenvalue weighted by atomic mass is 10.0. The van der Waals surface area contributed by atoms with Gasteiger partial charge >= 0.3 is 6.09 Å². The first-order valence-corrected chi connectivity index (χ1v) is 11.5. The highest BCUT2D eigenvalue weighted by molar-refractivity contribution is 7.21. The lowest BCUT2D eigenvalue weighted by Crippen LogP contribution is -2.37. The van der Waals surface area contributed by atoms with Gasteiger partial charge < -0.3 is 19.9 Å². The third kappa shape index (κ3) is 3.95. The number of rotatable bonds is 3. The van der Waals surface area contributed by atoms with Gasteiger partial charge in [-0.1, -0.05) is 22.9 Å². The largest absolute Gasteiger partial charge is 0.444 e. The molecule has 0 radical (unpaired) electrons. The van der Waals surface area contributed by atoms with Crippen LogP contribution in [0.25, 0.3) is 10.6 Å². The van der Waals surface area contributed by atoms with E-state index in [1.54, 1.807) is 22.7 Å². The number of amides is 1. The molecule has 6 nitrogen and oxygen atoms in total. The Morgan fingerprint density at radius 2 is 1.96 bits per heavy atom. The molecule has 2 aromatic heterocycles. The SMILES string of the molecule is CNc1nc(-c2cc(Cl)cs2)c(N2CC3CN(C(=O)OC(C)(C)C)CC3C2)s1. The van der Waals surface area contributed by atoms with E-state index >= 15 is 0 Å². The van der Waals surface area contributed by atoms with E-state index in [4.69, 9.17) is 21.3 Å². The number of thiophene rings is 1. The number of fused-ring (bicyclic) bond motifs is 1. The van der Waals surface area contributed by atoms with Gasteiger partial charge in [0.25, 0.3) is 0 Å². The number of nitrogens with one attached hydrogen (secondary N) is 1. The highest BCUT2D eigenvalue weighted by Crippen LogP contribution is 2.45. The van der Waals surface area contributed by atoms with Crippen LogP contribution in [-0.4, -0.2) is 54.8 Å². The monoisotopic (exact) mass is 440 g/mol. The highest BCUT2D eigenvalue weighted by atomic mass is 35.5. The molecule has 0 saturated carbocycles. The van der Waals surface area contributed by atoms with Gasteiger partial charge in [-0.2, -0.15) is 0 Å². The van der Waals surface area contributed by atoms with Crippen LogP contribution < -0.4 is 10.2 Å². The van der Waals surface area contributed by atoms with Crippen molar-refractivity contribution in [2.75, 3.05) is 43.4 Å². The maximum atomic E-state index is 12.4. The molecule has 4 heterocycles. The molecule has 1 N–H and O–H groups in total. The number of nitrogens with zero attached hydrogens (tertiary/aromatic N) is 3. The second kappa shape index (κ2) is 7.39. The molecule has 0 spiro atoms. The molecule has 4 rings (SSSR count). The summed E-state index contributed by atoms with van der Waals surface area (Å²) in [5.41, 5.74) is 0.541. The number of ether oxygens (including phenoxy) is 1. The Balaban J connectivity index is 1.48. The lowest BCUT2D eigenvalue weighted by molar-refractivity contribution is 0.0282. The Hall–Kier alpha value is -1.51. The molecule has 9 heteroatoms. The van der Waals surface area contributed by atoms with Crippen LogP contribution in [0.4, 0.5) is 14.9 Å². The molecule has 2 saturated heterocycles. The quantitative estimate of drug-likeness (QED) is 0.737. The van der Waals surface area contributed by atoms with Gasteiger partial charge in [0.1, 0.15) is 16.3 Å². The van der Waals surface area contributed by atoms with E-state index in [2.05, 4.69) is 10.2 Å². The van der Waals surface area contributed by atoms with Gasteiger partial charge in [0.15, 0.2) is 5.13 Å². The third-order valence-electron chi connectivity index (χ3n) is 5.05. The van der Waals surface area contributed by atoms with Gasteiger partial charge in [-0.05, 0) is 26.8 Å². The van der Waals surface area contributed by atoms with Crippen molar-refractivity contribution < 1.29 is 9.53 Å². The maximum absolute atomic E-state index is 12.4. The zero-order valence-corrected chi connectivity index (χ0v) is 18.9. The minimum atomic E-state index is -0.454. The number of thiazole rings is 1. The molecular weight excluding hydrogens is 416 g/mol. The highest BCUT2D eigenvalue weighted by Gasteiger charge is 2.43. The first kappa shape index (κ1) is 19.8. The Kier molecular flexibility index (Phi) is 5.22. The number of hydrogen-bond acceptors (Lipinski definition) is 7. The van der Waals surface area contributed by atoms with Gasteiger partial charge in [0.2, 0.25) is 0 Å². The van der Waals surface area contributed by atoms with E-state index < -0.39 is 5.60 Å². The summed E-state index contributed by atoms with van der Waals surface area (Å²) in [5, 5.41) is 7.94. The number of halogens is 1. The Labute approximate surface area is 178 Å². The van der Waals surface area contributed by atoms with Gasteiger partial charge in [0.05, 0.1) is 9.90 Å². The van der Waals surface area contributed by atoms with E-state index in [9.17, 15) is 4.79 Å². The Morgan fingerprint density at radius 3 is 2.50 bits per heavy atom. The maximum Gasteiger partial charge on any atom is 0.410 e. The fourth-order valence-corrected chi connectivity index (χ4v) is 5.95. The molecule has 0 aliphatic carbocycles. The summed E-state index contributed by atoms with van der Waals surface area (Å²) in [7, 11) is 1.89. The van der Waals surface area contributed by atoms with Crippen molar-refractivity contribution in [2.24, 2.45) is 11.8 Å². The summed E-state index contributed by atoms with van der Waals surface area (Å²) < 4.78 is 5.54. The van der Waals surface area contributed by atoms with Crippen molar-refractivity contribution in [3.05, 3.63) is 16.5 Å². The van der Waals surface area contributed by atoms with Crippen molar-refractivity contribution in [3.8, 4) is 10.6 Å². The topological polar surface area (TPSA) is 57.7 Å². The van der Waals surface area contributed by atoms with Crippen LogP contribution in [0.1, 0.15) is 20.8 Å². The fourth-order valence-electron chi connectivity index (χ4n) is 3.87. The van der Waals surface area contributed by atoms with Crippen molar-refractivity contribution in [1.29, 1.82) is 0 Å². The molecule has 28 heavy (non-hydrogen) atoms. The Bertz CT molecular complexity index is 862. The van der Waals surface area contributed by atoms with E-state index in [1.807, 2.05) is 44.2 Å². The number of aromatic nitrogens is 1. The molecule has 2 atom stereocenters. The van der Waals surface area contributed by atoms with Crippen LogP contribution in [0, 0.1) is 11.8 Å². The van der Waals surface area contributed by atoms with Crippen molar-refractivity contribution >= 4 is 50.5 Å². The molecule has 2 aliphatic rings. The van der Waals surface area contributed by atoms with Crippen LogP contribution in [0.3, 0.4) is 0 Å². The molecule has 2 fully saturated rings. The van der Waals surface area contributed by atoms with Crippen LogP contribution in [0.15, 0.2) is 11.4 Å². The van der Waals surface area contributed by atoms with Crippen LogP contribution in [0.2, 0.25) is 5.02 Å². The molecule has 0 aromatic carbocycles. The molecule has 152 valence electrons.